The summed E-state index contributed by atoms with van der Waals surface area (Å²) in [5.41, 5.74) is -4.42. The smallest absolute Gasteiger partial charge is 0.444 e. The van der Waals surface area contributed by atoms with E-state index in [-0.39, 0.29) is 0 Å². The Morgan fingerprint density at radius 2 is 1.82 bits per heavy atom. The molecule has 2 aromatic heterocycles. The first kappa shape index (κ1) is 25.3. The molecule has 34 heavy (non-hydrogen) atoms. The normalized spacial score (nSPS) is 12.6. The lowest BCUT2D eigenvalue weighted by molar-refractivity contribution is -0.0500. The van der Waals surface area contributed by atoms with Crippen LogP contribution in [0.4, 0.5) is 18.0 Å². The number of fused-ring (bicyclic) bond motifs is 1. The van der Waals surface area contributed by atoms with E-state index in [4.69, 9.17) is 4.74 Å². The summed E-state index contributed by atoms with van der Waals surface area (Å²) in [6.07, 6.45) is 4.40. The highest BCUT2D eigenvalue weighted by Gasteiger charge is 2.48. The molecule has 0 aliphatic rings. The average Bonchev–Trinajstić information content (AvgIpc) is 3.18. The van der Waals surface area contributed by atoms with Crippen molar-refractivity contribution >= 4 is 27.1 Å². The fraction of sp³-hybridized carbons (Fsp3) is 0.381. The van der Waals surface area contributed by atoms with Gasteiger partial charge in [0.1, 0.15) is 11.4 Å². The zero-order chi connectivity index (χ0) is 25.3. The summed E-state index contributed by atoms with van der Waals surface area (Å²) in [4.78, 5) is 17.7. The van der Waals surface area contributed by atoms with Crippen molar-refractivity contribution in [3.63, 3.8) is 0 Å². The molecular formula is C21H23F3N4O5S. The van der Waals surface area contributed by atoms with Crippen LogP contribution < -0.4 is 4.18 Å². The fourth-order valence-electron chi connectivity index (χ4n) is 2.81. The van der Waals surface area contributed by atoms with Crippen LogP contribution in [0.2, 0.25) is 0 Å². The van der Waals surface area contributed by atoms with Crippen molar-refractivity contribution < 1.29 is 35.3 Å². The zero-order valence-electron chi connectivity index (χ0n) is 18.8. The number of hydrogen-bond acceptors (Lipinski definition) is 7. The SMILES string of the molecule is CN(CCn1cc(-c2cnc3ccc(OS(=O)(=O)C(F)(F)F)cc3c2)cn1)C(=O)OC(C)(C)C. The number of nitrogens with zero attached hydrogens (tertiary/aromatic N) is 4. The van der Waals surface area contributed by atoms with Gasteiger partial charge in [0.2, 0.25) is 0 Å². The first-order valence-electron chi connectivity index (χ1n) is 10.0. The van der Waals surface area contributed by atoms with Gasteiger partial charge in [0, 0.05) is 42.5 Å². The van der Waals surface area contributed by atoms with E-state index in [1.807, 2.05) is 0 Å². The van der Waals surface area contributed by atoms with Gasteiger partial charge in [-0.15, -0.1) is 0 Å². The van der Waals surface area contributed by atoms with Gasteiger partial charge < -0.3 is 13.8 Å². The molecule has 9 nitrogen and oxygen atoms in total. The first-order valence-corrected chi connectivity index (χ1v) is 11.4. The van der Waals surface area contributed by atoms with Crippen LogP contribution >= 0.6 is 0 Å². The number of carbonyl (C=O) groups excluding carboxylic acids is 1. The highest BCUT2D eigenvalue weighted by molar-refractivity contribution is 7.88. The van der Waals surface area contributed by atoms with E-state index in [0.29, 0.717) is 35.1 Å². The van der Waals surface area contributed by atoms with Gasteiger partial charge in [0.15, 0.2) is 0 Å². The summed E-state index contributed by atoms with van der Waals surface area (Å²) in [5, 5.41) is 4.63. The van der Waals surface area contributed by atoms with Crippen LogP contribution in [0, 0.1) is 0 Å². The Labute approximate surface area is 194 Å². The molecule has 0 saturated carbocycles. The van der Waals surface area contributed by atoms with Crippen LogP contribution in [0.1, 0.15) is 20.8 Å². The number of rotatable bonds is 6. The number of alkyl halides is 3. The summed E-state index contributed by atoms with van der Waals surface area (Å²) in [6, 6.07) is 5.24. The highest BCUT2D eigenvalue weighted by atomic mass is 32.2. The second-order valence-electron chi connectivity index (χ2n) is 8.46. The number of likely N-dealkylation sites (N-methyl/N-ethyl adjacent to an activating group) is 1. The van der Waals surface area contributed by atoms with E-state index in [0.717, 1.165) is 12.1 Å². The maximum Gasteiger partial charge on any atom is 0.534 e. The second kappa shape index (κ2) is 9.12. The van der Waals surface area contributed by atoms with E-state index in [1.165, 1.54) is 11.0 Å². The van der Waals surface area contributed by atoms with Gasteiger partial charge in [-0.2, -0.15) is 26.7 Å². The minimum Gasteiger partial charge on any atom is -0.444 e. The van der Waals surface area contributed by atoms with E-state index >= 15 is 0 Å². The Bertz CT molecular complexity index is 1300. The van der Waals surface area contributed by atoms with Crippen molar-refractivity contribution in [2.75, 3.05) is 13.6 Å². The Morgan fingerprint density at radius 1 is 1.12 bits per heavy atom. The molecule has 0 aliphatic carbocycles. The number of halogens is 3. The van der Waals surface area contributed by atoms with Crippen LogP contribution in [0.5, 0.6) is 5.75 Å². The minimum atomic E-state index is -5.78. The molecule has 0 radical (unpaired) electrons. The second-order valence-corrected chi connectivity index (χ2v) is 9.99. The zero-order valence-corrected chi connectivity index (χ0v) is 19.6. The first-order chi connectivity index (χ1) is 15.6. The van der Waals surface area contributed by atoms with Gasteiger partial charge in [-0.1, -0.05) is 0 Å². The molecule has 0 spiro atoms. The topological polar surface area (TPSA) is 104 Å². The van der Waals surface area contributed by atoms with Gasteiger partial charge in [0.05, 0.1) is 18.3 Å². The quantitative estimate of drug-likeness (QED) is 0.369. The van der Waals surface area contributed by atoms with Crippen LogP contribution in [0.3, 0.4) is 0 Å². The maximum absolute atomic E-state index is 12.6. The standard InChI is InChI=1S/C21H23F3N4O5S/c1-20(2,3)32-19(29)27(4)7-8-28-13-16(12-26-28)15-9-14-10-17(5-6-18(14)25-11-15)33-34(30,31)21(22,23)24/h5-6,9-13H,7-8H2,1-4H3. The molecule has 0 bridgehead atoms. The van der Waals surface area contributed by atoms with Crippen molar-refractivity contribution in [3.05, 3.63) is 42.9 Å². The third-order valence-corrected chi connectivity index (χ3v) is 5.46. The summed E-state index contributed by atoms with van der Waals surface area (Å²) in [7, 11) is -4.16. The van der Waals surface area contributed by atoms with Gasteiger partial charge in [-0.3, -0.25) is 9.67 Å². The number of pyridine rings is 1. The summed E-state index contributed by atoms with van der Waals surface area (Å²) in [6.45, 7) is 6.08. The molecule has 0 fully saturated rings. The molecule has 184 valence electrons. The lowest BCUT2D eigenvalue weighted by atomic mass is 10.1. The van der Waals surface area contributed by atoms with Crippen LogP contribution in [0.15, 0.2) is 42.9 Å². The van der Waals surface area contributed by atoms with Gasteiger partial charge in [-0.05, 0) is 45.0 Å². The molecule has 13 heteroatoms. The molecule has 0 saturated heterocycles. The van der Waals surface area contributed by atoms with Gasteiger partial charge in [-0.25, -0.2) is 4.79 Å². The van der Waals surface area contributed by atoms with Gasteiger partial charge >= 0.3 is 21.7 Å². The molecule has 3 aromatic rings. The third-order valence-electron chi connectivity index (χ3n) is 4.48. The van der Waals surface area contributed by atoms with Crippen molar-refractivity contribution in [3.8, 4) is 16.9 Å². The fourth-order valence-corrected chi connectivity index (χ4v) is 3.26. The number of hydrogen-bond donors (Lipinski definition) is 0. The Hall–Kier alpha value is -3.35. The number of amides is 1. The van der Waals surface area contributed by atoms with Gasteiger partial charge in [0.25, 0.3) is 0 Å². The van der Waals surface area contributed by atoms with Crippen LogP contribution in [-0.2, 0) is 21.4 Å². The molecule has 1 aromatic carbocycles. The molecule has 0 N–H and O–H groups in total. The molecular weight excluding hydrogens is 477 g/mol. The lowest BCUT2D eigenvalue weighted by Gasteiger charge is -2.24. The van der Waals surface area contributed by atoms with Crippen molar-refractivity contribution in [2.45, 2.75) is 38.4 Å². The van der Waals surface area contributed by atoms with E-state index in [9.17, 15) is 26.4 Å². The third kappa shape index (κ3) is 6.16. The Balaban J connectivity index is 1.74. The Morgan fingerprint density at radius 3 is 2.47 bits per heavy atom. The summed E-state index contributed by atoms with van der Waals surface area (Å²) < 4.78 is 71.4. The van der Waals surface area contributed by atoms with E-state index < -0.39 is 33.1 Å². The van der Waals surface area contributed by atoms with Crippen molar-refractivity contribution in [2.24, 2.45) is 0 Å². The Kier molecular flexibility index (Phi) is 6.78. The van der Waals surface area contributed by atoms with E-state index in [2.05, 4.69) is 14.3 Å². The molecule has 0 aliphatic heterocycles. The number of carbonyl (C=O) groups is 1. The summed E-state index contributed by atoms with van der Waals surface area (Å²) >= 11 is 0. The molecule has 2 heterocycles. The number of ether oxygens (including phenoxy) is 1. The minimum absolute atomic E-state index is 0.348. The predicted octanol–water partition coefficient (Wildman–Crippen LogP) is 4.19. The number of benzene rings is 1. The van der Waals surface area contributed by atoms with Crippen LogP contribution in [0.25, 0.3) is 22.0 Å². The molecule has 0 atom stereocenters. The van der Waals surface area contributed by atoms with E-state index in [1.54, 1.807) is 57.2 Å². The molecule has 0 unspecified atom stereocenters. The van der Waals surface area contributed by atoms with Crippen molar-refractivity contribution in [1.29, 1.82) is 0 Å². The highest BCUT2D eigenvalue weighted by Crippen LogP contribution is 2.30. The van der Waals surface area contributed by atoms with Crippen molar-refractivity contribution in [1.82, 2.24) is 19.7 Å². The largest absolute Gasteiger partial charge is 0.534 e. The lowest BCUT2D eigenvalue weighted by Crippen LogP contribution is -2.35. The molecule has 3 rings (SSSR count). The monoisotopic (exact) mass is 500 g/mol. The predicted molar refractivity (Wildman–Crippen MR) is 117 cm³/mol. The molecule has 1 amide bonds. The number of aromatic nitrogens is 3. The average molecular weight is 500 g/mol. The maximum atomic E-state index is 12.6. The van der Waals surface area contributed by atoms with Crippen LogP contribution in [-0.4, -0.2) is 58.9 Å². The summed E-state index contributed by atoms with van der Waals surface area (Å²) in [5.74, 6) is -0.482.